The number of carbonyl (C=O) groups is 2. The molecule has 0 aliphatic carbocycles. The van der Waals surface area contributed by atoms with Crippen LogP contribution in [0.4, 0.5) is 0 Å². The fourth-order valence-corrected chi connectivity index (χ4v) is 3.38. The van der Waals surface area contributed by atoms with Gasteiger partial charge in [0.15, 0.2) is 5.82 Å². The quantitative estimate of drug-likeness (QED) is 0.789. The zero-order valence-corrected chi connectivity index (χ0v) is 13.0. The van der Waals surface area contributed by atoms with Gasteiger partial charge in [-0.25, -0.2) is 4.98 Å². The van der Waals surface area contributed by atoms with Crippen molar-refractivity contribution in [2.75, 3.05) is 26.3 Å². The maximum Gasteiger partial charge on any atom is 0.225 e. The number of carbonyl (C=O) groups excluding carboxylic acids is 2. The molecule has 0 spiro atoms. The maximum absolute atomic E-state index is 12.6. The minimum atomic E-state index is -0.126. The summed E-state index contributed by atoms with van der Waals surface area (Å²) in [5.41, 5.74) is 0. The average Bonchev–Trinajstić information content (AvgIpc) is 3.00. The Morgan fingerprint density at radius 3 is 2.68 bits per heavy atom. The van der Waals surface area contributed by atoms with Crippen LogP contribution in [0.5, 0.6) is 0 Å². The van der Waals surface area contributed by atoms with E-state index in [2.05, 4.69) is 4.98 Å². The minimum Gasteiger partial charge on any atom is -0.381 e. The zero-order valence-electron chi connectivity index (χ0n) is 13.0. The highest BCUT2D eigenvalue weighted by Crippen LogP contribution is 2.24. The molecule has 0 unspecified atom stereocenters. The lowest BCUT2D eigenvalue weighted by atomic mass is 9.91. The van der Waals surface area contributed by atoms with Crippen LogP contribution in [-0.2, 0) is 16.6 Å². The molecule has 0 bridgehead atoms. The predicted octanol–water partition coefficient (Wildman–Crippen LogP) is 1.27. The van der Waals surface area contributed by atoms with Crippen molar-refractivity contribution in [1.82, 2.24) is 14.5 Å². The Hall–Kier alpha value is -1.69. The normalized spacial score (nSPS) is 23.5. The highest BCUT2D eigenvalue weighted by Gasteiger charge is 2.33. The first-order valence-corrected chi connectivity index (χ1v) is 8.05. The van der Waals surface area contributed by atoms with Crippen LogP contribution < -0.4 is 0 Å². The number of rotatable bonds is 3. The first-order valence-electron chi connectivity index (χ1n) is 8.05. The van der Waals surface area contributed by atoms with Gasteiger partial charge in [0.05, 0.1) is 0 Å². The van der Waals surface area contributed by atoms with Crippen LogP contribution in [-0.4, -0.2) is 52.4 Å². The molecule has 3 heterocycles. The topological polar surface area (TPSA) is 64.4 Å². The van der Waals surface area contributed by atoms with Gasteiger partial charge in [0.1, 0.15) is 0 Å². The summed E-state index contributed by atoms with van der Waals surface area (Å²) in [6, 6.07) is 0. The van der Waals surface area contributed by atoms with Gasteiger partial charge in [-0.2, -0.15) is 0 Å². The number of nitrogens with zero attached hydrogens (tertiary/aromatic N) is 3. The highest BCUT2D eigenvalue weighted by molar-refractivity contribution is 5.95. The number of imidazole rings is 1. The molecule has 2 aliphatic rings. The summed E-state index contributed by atoms with van der Waals surface area (Å²) < 4.78 is 7.07. The number of ether oxygens (including phenoxy) is 1. The van der Waals surface area contributed by atoms with E-state index in [1.165, 1.54) is 0 Å². The third-order valence-electron chi connectivity index (χ3n) is 4.72. The summed E-state index contributed by atoms with van der Waals surface area (Å²) >= 11 is 0. The van der Waals surface area contributed by atoms with Gasteiger partial charge in [-0.15, -0.1) is 0 Å². The van der Waals surface area contributed by atoms with Crippen molar-refractivity contribution in [2.45, 2.75) is 25.7 Å². The van der Waals surface area contributed by atoms with E-state index in [0.717, 1.165) is 32.2 Å². The van der Waals surface area contributed by atoms with E-state index in [1.54, 1.807) is 17.0 Å². The van der Waals surface area contributed by atoms with Gasteiger partial charge in [-0.3, -0.25) is 9.59 Å². The van der Waals surface area contributed by atoms with Gasteiger partial charge >= 0.3 is 0 Å². The molecule has 0 saturated carbocycles. The van der Waals surface area contributed by atoms with Crippen LogP contribution in [0.25, 0.3) is 0 Å². The Labute approximate surface area is 130 Å². The lowest BCUT2D eigenvalue weighted by Crippen LogP contribution is -2.46. The second-order valence-electron chi connectivity index (χ2n) is 6.24. The van der Waals surface area contributed by atoms with Crippen molar-refractivity contribution in [3.05, 3.63) is 18.2 Å². The van der Waals surface area contributed by atoms with Crippen molar-refractivity contribution in [3.63, 3.8) is 0 Å². The van der Waals surface area contributed by atoms with E-state index in [4.69, 9.17) is 4.74 Å². The van der Waals surface area contributed by atoms with Gasteiger partial charge in [0.2, 0.25) is 11.7 Å². The monoisotopic (exact) mass is 305 g/mol. The molecule has 2 fully saturated rings. The SMILES string of the molecule is Cn1ccnc1C(=O)[C@@H]1CCCN(C(=O)C2CCOCC2)C1. The summed E-state index contributed by atoms with van der Waals surface area (Å²) in [6.07, 6.45) is 6.74. The van der Waals surface area contributed by atoms with E-state index in [1.807, 2.05) is 11.9 Å². The van der Waals surface area contributed by atoms with E-state index in [-0.39, 0.29) is 23.5 Å². The molecule has 2 aliphatic heterocycles. The number of ketones is 1. The van der Waals surface area contributed by atoms with Crippen molar-refractivity contribution in [2.24, 2.45) is 18.9 Å². The van der Waals surface area contributed by atoms with Crippen LogP contribution in [0.3, 0.4) is 0 Å². The standard InChI is InChI=1S/C16H23N3O3/c1-18-8-6-17-15(18)14(20)13-3-2-7-19(11-13)16(21)12-4-9-22-10-5-12/h6,8,12-13H,2-5,7,9-11H2,1H3/t13-/m1/s1. The van der Waals surface area contributed by atoms with Crippen LogP contribution in [0.2, 0.25) is 0 Å². The van der Waals surface area contributed by atoms with Crippen molar-refractivity contribution >= 4 is 11.7 Å². The summed E-state index contributed by atoms with van der Waals surface area (Å²) in [5.74, 6) is 0.678. The molecule has 0 aromatic carbocycles. The molecule has 0 radical (unpaired) electrons. The van der Waals surface area contributed by atoms with Gasteiger partial charge in [-0.05, 0) is 25.7 Å². The van der Waals surface area contributed by atoms with Crippen LogP contribution >= 0.6 is 0 Å². The number of hydrogen-bond acceptors (Lipinski definition) is 4. The molecule has 120 valence electrons. The number of aryl methyl sites for hydroxylation is 1. The summed E-state index contributed by atoms with van der Waals surface area (Å²) in [4.78, 5) is 31.2. The third kappa shape index (κ3) is 3.06. The smallest absolute Gasteiger partial charge is 0.225 e. The molecule has 1 aromatic heterocycles. The molecule has 1 atom stereocenters. The Bertz CT molecular complexity index is 549. The number of hydrogen-bond donors (Lipinski definition) is 0. The second-order valence-corrected chi connectivity index (χ2v) is 6.24. The number of amides is 1. The van der Waals surface area contributed by atoms with Gasteiger partial charge in [0.25, 0.3) is 0 Å². The summed E-state index contributed by atoms with van der Waals surface area (Å²) in [6.45, 7) is 2.63. The summed E-state index contributed by atoms with van der Waals surface area (Å²) in [5, 5.41) is 0. The molecule has 0 N–H and O–H groups in total. The maximum atomic E-state index is 12.6. The lowest BCUT2D eigenvalue weighted by Gasteiger charge is -2.35. The third-order valence-corrected chi connectivity index (χ3v) is 4.72. The largest absolute Gasteiger partial charge is 0.381 e. The van der Waals surface area contributed by atoms with Crippen molar-refractivity contribution < 1.29 is 14.3 Å². The molecule has 22 heavy (non-hydrogen) atoms. The zero-order chi connectivity index (χ0) is 15.5. The van der Waals surface area contributed by atoms with Crippen molar-refractivity contribution in [1.29, 1.82) is 0 Å². The molecule has 6 heteroatoms. The highest BCUT2D eigenvalue weighted by atomic mass is 16.5. The molecular weight excluding hydrogens is 282 g/mol. The average molecular weight is 305 g/mol. The fourth-order valence-electron chi connectivity index (χ4n) is 3.38. The minimum absolute atomic E-state index is 0.0528. The van der Waals surface area contributed by atoms with E-state index in [0.29, 0.717) is 25.6 Å². The molecule has 1 aromatic rings. The van der Waals surface area contributed by atoms with Crippen LogP contribution in [0, 0.1) is 11.8 Å². The first-order chi connectivity index (χ1) is 10.7. The summed E-state index contributed by atoms with van der Waals surface area (Å²) in [7, 11) is 1.83. The molecule has 6 nitrogen and oxygen atoms in total. The fraction of sp³-hybridized carbons (Fsp3) is 0.688. The molecule has 2 saturated heterocycles. The van der Waals surface area contributed by atoms with Gasteiger partial charge in [0, 0.05) is 57.6 Å². The molecular formula is C16H23N3O3. The number of piperidine rings is 1. The van der Waals surface area contributed by atoms with E-state index >= 15 is 0 Å². The van der Waals surface area contributed by atoms with Crippen LogP contribution in [0.1, 0.15) is 36.3 Å². The van der Waals surface area contributed by atoms with Crippen LogP contribution in [0.15, 0.2) is 12.4 Å². The molecule has 3 rings (SSSR count). The Morgan fingerprint density at radius 2 is 2.00 bits per heavy atom. The van der Waals surface area contributed by atoms with Crippen molar-refractivity contribution in [3.8, 4) is 0 Å². The number of Topliss-reactive ketones (excluding diaryl/α,β-unsaturated/α-hetero) is 1. The Morgan fingerprint density at radius 1 is 1.23 bits per heavy atom. The molecule has 1 amide bonds. The van der Waals surface area contributed by atoms with E-state index in [9.17, 15) is 9.59 Å². The van der Waals surface area contributed by atoms with Gasteiger partial charge in [-0.1, -0.05) is 0 Å². The second kappa shape index (κ2) is 6.60. The Balaban J connectivity index is 1.65. The Kier molecular flexibility index (Phi) is 4.57. The number of likely N-dealkylation sites (tertiary alicyclic amines) is 1. The predicted molar refractivity (Wildman–Crippen MR) is 80.4 cm³/mol. The first kappa shape index (κ1) is 15.2. The number of aromatic nitrogens is 2. The van der Waals surface area contributed by atoms with E-state index < -0.39 is 0 Å². The lowest BCUT2D eigenvalue weighted by molar-refractivity contribution is -0.140. The van der Waals surface area contributed by atoms with Gasteiger partial charge < -0.3 is 14.2 Å².